The molecule has 4 nitrogen and oxygen atoms in total. The van der Waals surface area contributed by atoms with Crippen LogP contribution in [-0.4, -0.2) is 11.8 Å². The third-order valence-electron chi connectivity index (χ3n) is 4.92. The van der Waals surface area contributed by atoms with Gasteiger partial charge < -0.3 is 5.32 Å². The second-order valence-electron chi connectivity index (χ2n) is 7.35. The van der Waals surface area contributed by atoms with Gasteiger partial charge in [0.2, 0.25) is 0 Å². The van der Waals surface area contributed by atoms with Gasteiger partial charge in [-0.25, -0.2) is 4.90 Å². The van der Waals surface area contributed by atoms with Crippen molar-refractivity contribution in [2.24, 2.45) is 0 Å². The predicted octanol–water partition coefficient (Wildman–Crippen LogP) is 5.60. The fourth-order valence-corrected chi connectivity index (χ4v) is 4.33. The molecule has 2 amide bonds. The molecule has 0 spiro atoms. The zero-order valence-electron chi connectivity index (χ0n) is 17.1. The summed E-state index contributed by atoms with van der Waals surface area (Å²) in [5.74, 6) is -0.652. The number of amides is 2. The van der Waals surface area contributed by atoms with Crippen LogP contribution in [0.15, 0.2) is 88.3 Å². The number of benzene rings is 3. The van der Waals surface area contributed by atoms with Crippen LogP contribution in [0.25, 0.3) is 0 Å². The van der Waals surface area contributed by atoms with Crippen LogP contribution >= 0.6 is 11.8 Å². The van der Waals surface area contributed by atoms with E-state index in [0.29, 0.717) is 16.3 Å². The Morgan fingerprint density at radius 1 is 0.767 bits per heavy atom. The summed E-state index contributed by atoms with van der Waals surface area (Å²) >= 11 is 1.31. The minimum Gasteiger partial charge on any atom is -0.350 e. The van der Waals surface area contributed by atoms with Crippen molar-refractivity contribution in [3.63, 3.8) is 0 Å². The SMILES string of the molecule is Cc1ccc(NC2=C(Sc3ccccc3)C(=O)N(c3ccc(C)cc3C)C2=O)cc1. The minimum absolute atomic E-state index is 0.303. The highest BCUT2D eigenvalue weighted by atomic mass is 32.2. The molecular formula is C25H22N2O2S. The molecule has 1 heterocycles. The lowest BCUT2D eigenvalue weighted by atomic mass is 10.1. The molecule has 1 aliphatic heterocycles. The van der Waals surface area contributed by atoms with Gasteiger partial charge in [-0.2, -0.15) is 0 Å². The summed E-state index contributed by atoms with van der Waals surface area (Å²) in [4.78, 5) is 29.4. The lowest BCUT2D eigenvalue weighted by molar-refractivity contribution is -0.120. The molecule has 0 radical (unpaired) electrons. The van der Waals surface area contributed by atoms with Gasteiger partial charge in [-0.05, 0) is 56.7 Å². The molecule has 5 heteroatoms. The molecular weight excluding hydrogens is 392 g/mol. The molecule has 1 aliphatic rings. The van der Waals surface area contributed by atoms with E-state index in [2.05, 4.69) is 5.32 Å². The second kappa shape index (κ2) is 8.20. The number of anilines is 2. The Hall–Kier alpha value is -3.31. The Bertz CT molecular complexity index is 1150. The molecule has 0 bridgehead atoms. The molecule has 0 unspecified atom stereocenters. The van der Waals surface area contributed by atoms with Crippen LogP contribution in [0.5, 0.6) is 0 Å². The number of nitrogens with one attached hydrogen (secondary N) is 1. The van der Waals surface area contributed by atoms with Gasteiger partial charge in [-0.1, -0.05) is 65.4 Å². The monoisotopic (exact) mass is 414 g/mol. The first-order valence-corrected chi connectivity index (χ1v) is 10.5. The quantitative estimate of drug-likeness (QED) is 0.552. The number of carbonyl (C=O) groups is 2. The summed E-state index contributed by atoms with van der Waals surface area (Å²) in [7, 11) is 0. The maximum Gasteiger partial charge on any atom is 0.283 e. The van der Waals surface area contributed by atoms with Crippen molar-refractivity contribution in [1.82, 2.24) is 0 Å². The number of imide groups is 1. The van der Waals surface area contributed by atoms with E-state index in [-0.39, 0.29) is 11.8 Å². The molecule has 0 aromatic heterocycles. The molecule has 3 aromatic rings. The molecule has 150 valence electrons. The molecule has 0 atom stereocenters. The fourth-order valence-electron chi connectivity index (χ4n) is 3.38. The molecule has 0 saturated carbocycles. The van der Waals surface area contributed by atoms with Gasteiger partial charge in [0, 0.05) is 10.6 Å². The number of aryl methyl sites for hydroxylation is 3. The molecule has 0 saturated heterocycles. The van der Waals surface area contributed by atoms with Gasteiger partial charge in [0.05, 0.1) is 5.69 Å². The van der Waals surface area contributed by atoms with Crippen LogP contribution in [-0.2, 0) is 9.59 Å². The standard InChI is InChI=1S/C25H22N2O2S/c1-16-9-12-19(13-10-16)26-22-23(30-20-7-5-4-6-8-20)25(29)27(24(22)28)21-14-11-17(2)15-18(21)3/h4-15,26H,1-3H3. The van der Waals surface area contributed by atoms with Crippen LogP contribution in [0, 0.1) is 20.8 Å². The molecule has 0 aliphatic carbocycles. The van der Waals surface area contributed by atoms with Gasteiger partial charge in [0.15, 0.2) is 0 Å². The highest BCUT2D eigenvalue weighted by molar-refractivity contribution is 8.04. The van der Waals surface area contributed by atoms with E-state index in [1.54, 1.807) is 0 Å². The number of nitrogens with zero attached hydrogens (tertiary/aromatic N) is 1. The van der Waals surface area contributed by atoms with E-state index in [4.69, 9.17) is 0 Å². The summed E-state index contributed by atoms with van der Waals surface area (Å²) in [5.41, 5.74) is 4.78. The van der Waals surface area contributed by atoms with Gasteiger partial charge in [-0.3, -0.25) is 9.59 Å². The van der Waals surface area contributed by atoms with Crippen LogP contribution in [0.2, 0.25) is 0 Å². The third-order valence-corrected chi connectivity index (χ3v) is 6.01. The maximum atomic E-state index is 13.4. The summed E-state index contributed by atoms with van der Waals surface area (Å²) in [6.07, 6.45) is 0. The Balaban J connectivity index is 1.76. The van der Waals surface area contributed by atoms with E-state index in [1.807, 2.05) is 93.6 Å². The fraction of sp³-hybridized carbons (Fsp3) is 0.120. The van der Waals surface area contributed by atoms with Crippen molar-refractivity contribution in [3.05, 3.63) is 100 Å². The van der Waals surface area contributed by atoms with Gasteiger partial charge in [0.1, 0.15) is 10.6 Å². The average Bonchev–Trinajstić information content (AvgIpc) is 2.95. The number of hydrogen-bond donors (Lipinski definition) is 1. The van der Waals surface area contributed by atoms with Gasteiger partial charge in [0.25, 0.3) is 11.8 Å². The minimum atomic E-state index is -0.342. The topological polar surface area (TPSA) is 49.4 Å². The van der Waals surface area contributed by atoms with Crippen molar-refractivity contribution in [2.45, 2.75) is 25.7 Å². The van der Waals surface area contributed by atoms with E-state index < -0.39 is 0 Å². The van der Waals surface area contributed by atoms with Crippen LogP contribution in [0.3, 0.4) is 0 Å². The van der Waals surface area contributed by atoms with E-state index in [0.717, 1.165) is 27.3 Å². The van der Waals surface area contributed by atoms with Crippen molar-refractivity contribution >= 4 is 35.0 Å². The third kappa shape index (κ3) is 3.89. The number of hydrogen-bond acceptors (Lipinski definition) is 4. The number of thioether (sulfide) groups is 1. The zero-order valence-corrected chi connectivity index (χ0v) is 17.9. The Morgan fingerprint density at radius 3 is 2.10 bits per heavy atom. The van der Waals surface area contributed by atoms with Gasteiger partial charge in [-0.15, -0.1) is 0 Å². The number of rotatable bonds is 5. The summed E-state index contributed by atoms with van der Waals surface area (Å²) < 4.78 is 0. The van der Waals surface area contributed by atoms with Crippen LogP contribution in [0.4, 0.5) is 11.4 Å². The highest BCUT2D eigenvalue weighted by Gasteiger charge is 2.40. The first-order valence-electron chi connectivity index (χ1n) is 9.71. The van der Waals surface area contributed by atoms with Crippen LogP contribution in [0.1, 0.15) is 16.7 Å². The zero-order chi connectivity index (χ0) is 21.3. The maximum absolute atomic E-state index is 13.4. The second-order valence-corrected chi connectivity index (χ2v) is 8.43. The summed E-state index contributed by atoms with van der Waals surface area (Å²) in [5, 5.41) is 3.20. The Kier molecular flexibility index (Phi) is 5.46. The van der Waals surface area contributed by atoms with Gasteiger partial charge >= 0.3 is 0 Å². The summed E-state index contributed by atoms with van der Waals surface area (Å²) in [6.45, 7) is 5.91. The largest absolute Gasteiger partial charge is 0.350 e. The lowest BCUT2D eigenvalue weighted by Crippen LogP contribution is -2.33. The normalized spacial score (nSPS) is 13.9. The van der Waals surface area contributed by atoms with Crippen LogP contribution < -0.4 is 10.2 Å². The molecule has 1 N–H and O–H groups in total. The van der Waals surface area contributed by atoms with E-state index in [1.165, 1.54) is 16.7 Å². The first kappa shape index (κ1) is 20.0. The highest BCUT2D eigenvalue weighted by Crippen LogP contribution is 2.38. The van der Waals surface area contributed by atoms with Crippen molar-refractivity contribution in [1.29, 1.82) is 0 Å². The molecule has 3 aromatic carbocycles. The smallest absolute Gasteiger partial charge is 0.283 e. The molecule has 4 rings (SSSR count). The van der Waals surface area contributed by atoms with Crippen molar-refractivity contribution in [2.75, 3.05) is 10.2 Å². The van der Waals surface area contributed by atoms with E-state index in [9.17, 15) is 9.59 Å². The van der Waals surface area contributed by atoms with Crippen molar-refractivity contribution in [3.8, 4) is 0 Å². The predicted molar refractivity (Wildman–Crippen MR) is 123 cm³/mol. The molecule has 0 fully saturated rings. The first-order chi connectivity index (χ1) is 14.4. The number of carbonyl (C=O) groups excluding carboxylic acids is 2. The Morgan fingerprint density at radius 2 is 1.43 bits per heavy atom. The molecule has 30 heavy (non-hydrogen) atoms. The Labute approximate surface area is 180 Å². The van der Waals surface area contributed by atoms with Crippen molar-refractivity contribution < 1.29 is 9.59 Å². The lowest BCUT2D eigenvalue weighted by Gasteiger charge is -2.18. The van der Waals surface area contributed by atoms with E-state index >= 15 is 0 Å². The average molecular weight is 415 g/mol. The summed E-state index contributed by atoms with van der Waals surface area (Å²) in [6, 6.07) is 23.1.